The summed E-state index contributed by atoms with van der Waals surface area (Å²) in [6.07, 6.45) is 2.69. The second kappa shape index (κ2) is 4.18. The molecule has 0 amide bonds. The predicted octanol–water partition coefficient (Wildman–Crippen LogP) is 3.18. The Hall–Kier alpha value is -1.74. The van der Waals surface area contributed by atoms with E-state index >= 15 is 0 Å². The maximum Gasteiger partial charge on any atom is 0.352 e. The van der Waals surface area contributed by atoms with E-state index in [1.165, 1.54) is 17.2 Å². The first-order chi connectivity index (χ1) is 8.65. The molecule has 3 nitrogen and oxygen atoms in total. The van der Waals surface area contributed by atoms with E-state index in [1.807, 2.05) is 12.1 Å². The van der Waals surface area contributed by atoms with Gasteiger partial charge in [-0.25, -0.2) is 4.79 Å². The van der Waals surface area contributed by atoms with E-state index < -0.39 is 5.97 Å². The predicted molar refractivity (Wildman–Crippen MR) is 69.3 cm³/mol. The molecule has 1 atom stereocenters. The highest BCUT2D eigenvalue weighted by Crippen LogP contribution is 2.36. The summed E-state index contributed by atoms with van der Waals surface area (Å²) in [5, 5.41) is 9.57. The average Bonchev–Trinajstić information content (AvgIpc) is 2.67. The van der Waals surface area contributed by atoms with Crippen molar-refractivity contribution in [2.24, 2.45) is 0 Å². The number of carboxylic acids is 1. The van der Waals surface area contributed by atoms with Gasteiger partial charge < -0.3 is 9.67 Å². The first-order valence-corrected chi connectivity index (χ1v) is 6.19. The number of rotatable bonds is 3. The Morgan fingerprint density at radius 1 is 1.44 bits per heavy atom. The summed E-state index contributed by atoms with van der Waals surface area (Å²) in [6.45, 7) is 0.672. The van der Waals surface area contributed by atoms with Crippen LogP contribution < -0.4 is 0 Å². The Labute approximate surface area is 110 Å². The van der Waals surface area contributed by atoms with Gasteiger partial charge in [-0.2, -0.15) is 0 Å². The molecule has 1 aromatic heterocycles. The minimum atomic E-state index is -0.936. The fourth-order valence-electron chi connectivity index (χ4n) is 2.57. The third-order valence-electron chi connectivity index (χ3n) is 3.46. The van der Waals surface area contributed by atoms with E-state index in [-0.39, 0.29) is 5.69 Å². The van der Waals surface area contributed by atoms with Crippen molar-refractivity contribution in [2.75, 3.05) is 0 Å². The van der Waals surface area contributed by atoms with Gasteiger partial charge in [-0.3, -0.25) is 0 Å². The molecular formula is C14H12ClNO2. The number of hydrogen-bond acceptors (Lipinski definition) is 1. The average molecular weight is 262 g/mol. The Balaban J connectivity index is 1.85. The fourth-order valence-corrected chi connectivity index (χ4v) is 2.79. The third-order valence-corrected chi connectivity index (χ3v) is 3.67. The van der Waals surface area contributed by atoms with Crippen molar-refractivity contribution in [3.8, 4) is 0 Å². The number of aromatic nitrogens is 1. The Kier molecular flexibility index (Phi) is 2.63. The van der Waals surface area contributed by atoms with Crippen molar-refractivity contribution in [3.63, 3.8) is 0 Å². The highest BCUT2D eigenvalue weighted by atomic mass is 35.5. The lowest BCUT2D eigenvalue weighted by molar-refractivity contribution is 0.0684. The lowest BCUT2D eigenvalue weighted by Crippen LogP contribution is -2.23. The van der Waals surface area contributed by atoms with Crippen LogP contribution in [0.15, 0.2) is 36.5 Å². The number of fused-ring (bicyclic) bond motifs is 1. The van der Waals surface area contributed by atoms with E-state index in [9.17, 15) is 4.79 Å². The van der Waals surface area contributed by atoms with Crippen LogP contribution in [0.5, 0.6) is 0 Å². The van der Waals surface area contributed by atoms with Gasteiger partial charge in [0.15, 0.2) is 0 Å². The molecule has 0 spiro atoms. The summed E-state index contributed by atoms with van der Waals surface area (Å²) >= 11 is 5.87. The molecule has 1 unspecified atom stereocenters. The second-order valence-corrected chi connectivity index (χ2v) is 5.04. The molecule has 0 radical (unpaired) electrons. The SMILES string of the molecule is O=C(O)c1cc(Cl)cn1CC1Cc2ccccc21. The fraction of sp³-hybridized carbons (Fsp3) is 0.214. The Morgan fingerprint density at radius 2 is 2.22 bits per heavy atom. The molecule has 1 N–H and O–H groups in total. The normalized spacial score (nSPS) is 17.1. The zero-order valence-corrected chi connectivity index (χ0v) is 10.4. The van der Waals surface area contributed by atoms with Crippen molar-refractivity contribution >= 4 is 17.6 Å². The van der Waals surface area contributed by atoms with Crippen LogP contribution in [0.25, 0.3) is 0 Å². The minimum Gasteiger partial charge on any atom is -0.477 e. The number of hydrogen-bond donors (Lipinski definition) is 1. The number of nitrogens with zero attached hydrogens (tertiary/aromatic N) is 1. The Bertz CT molecular complexity index is 618. The molecule has 4 heteroatoms. The molecule has 2 aromatic rings. The van der Waals surface area contributed by atoms with Crippen LogP contribution in [0.3, 0.4) is 0 Å². The van der Waals surface area contributed by atoms with Gasteiger partial charge in [-0.15, -0.1) is 0 Å². The van der Waals surface area contributed by atoms with Crippen LogP contribution in [0.1, 0.15) is 27.5 Å². The molecule has 0 fully saturated rings. The maximum atomic E-state index is 11.1. The van der Waals surface area contributed by atoms with Gasteiger partial charge >= 0.3 is 5.97 Å². The third kappa shape index (κ3) is 1.81. The molecule has 3 rings (SSSR count). The highest BCUT2D eigenvalue weighted by molar-refractivity contribution is 6.30. The summed E-state index contributed by atoms with van der Waals surface area (Å²) in [4.78, 5) is 11.1. The van der Waals surface area contributed by atoms with Crippen LogP contribution in [-0.4, -0.2) is 15.6 Å². The van der Waals surface area contributed by atoms with Crippen LogP contribution in [0.2, 0.25) is 5.02 Å². The minimum absolute atomic E-state index is 0.254. The van der Waals surface area contributed by atoms with Crippen LogP contribution in [-0.2, 0) is 13.0 Å². The molecule has 1 aliphatic rings. The van der Waals surface area contributed by atoms with Crippen molar-refractivity contribution in [1.29, 1.82) is 0 Å². The maximum absolute atomic E-state index is 11.1. The van der Waals surface area contributed by atoms with Gasteiger partial charge in [-0.1, -0.05) is 35.9 Å². The molecule has 0 saturated heterocycles. The number of aromatic carboxylic acids is 1. The topological polar surface area (TPSA) is 42.2 Å². The molecule has 18 heavy (non-hydrogen) atoms. The second-order valence-electron chi connectivity index (χ2n) is 4.60. The van der Waals surface area contributed by atoms with Gasteiger partial charge in [0.05, 0.1) is 5.02 Å². The first-order valence-electron chi connectivity index (χ1n) is 5.82. The van der Waals surface area contributed by atoms with E-state index in [0.29, 0.717) is 17.5 Å². The zero-order valence-electron chi connectivity index (χ0n) is 9.64. The highest BCUT2D eigenvalue weighted by Gasteiger charge is 2.26. The van der Waals surface area contributed by atoms with Crippen molar-refractivity contribution < 1.29 is 9.90 Å². The number of carboxylic acid groups (broad SMARTS) is 1. The number of benzene rings is 1. The summed E-state index contributed by atoms with van der Waals surface area (Å²) in [5.74, 6) is -0.544. The largest absolute Gasteiger partial charge is 0.477 e. The number of halogens is 1. The van der Waals surface area contributed by atoms with Gasteiger partial charge in [0.2, 0.25) is 0 Å². The van der Waals surface area contributed by atoms with E-state index in [2.05, 4.69) is 12.1 Å². The standard InChI is InChI=1S/C14H12ClNO2/c15-11-6-13(14(17)18)16(8-11)7-10-5-9-3-1-2-4-12(9)10/h1-4,6,8,10H,5,7H2,(H,17,18). The quantitative estimate of drug-likeness (QED) is 0.922. The van der Waals surface area contributed by atoms with Crippen LogP contribution >= 0.6 is 11.6 Å². The molecule has 0 bridgehead atoms. The zero-order chi connectivity index (χ0) is 12.7. The number of carbonyl (C=O) groups is 1. The molecule has 92 valence electrons. The molecule has 1 aliphatic carbocycles. The molecule has 1 aromatic carbocycles. The lowest BCUT2D eigenvalue weighted by atomic mass is 9.77. The van der Waals surface area contributed by atoms with E-state index in [0.717, 1.165) is 6.42 Å². The van der Waals surface area contributed by atoms with E-state index in [1.54, 1.807) is 10.8 Å². The van der Waals surface area contributed by atoms with Gasteiger partial charge in [-0.05, 0) is 23.6 Å². The summed E-state index contributed by atoms with van der Waals surface area (Å²) in [7, 11) is 0. The molecule has 0 aliphatic heterocycles. The monoisotopic (exact) mass is 261 g/mol. The Morgan fingerprint density at radius 3 is 2.94 bits per heavy atom. The summed E-state index contributed by atoms with van der Waals surface area (Å²) in [5.41, 5.74) is 2.93. The molecule has 1 heterocycles. The van der Waals surface area contributed by atoms with Crippen LogP contribution in [0, 0.1) is 0 Å². The van der Waals surface area contributed by atoms with Crippen molar-refractivity contribution in [2.45, 2.75) is 18.9 Å². The van der Waals surface area contributed by atoms with Gasteiger partial charge in [0.25, 0.3) is 0 Å². The van der Waals surface area contributed by atoms with E-state index in [4.69, 9.17) is 16.7 Å². The summed E-state index contributed by atoms with van der Waals surface area (Å²) in [6, 6.07) is 9.77. The summed E-state index contributed by atoms with van der Waals surface area (Å²) < 4.78 is 1.73. The van der Waals surface area contributed by atoms with Crippen molar-refractivity contribution in [3.05, 3.63) is 58.4 Å². The molecular weight excluding hydrogens is 250 g/mol. The van der Waals surface area contributed by atoms with Crippen LogP contribution in [0.4, 0.5) is 0 Å². The van der Waals surface area contributed by atoms with Gasteiger partial charge in [0.1, 0.15) is 5.69 Å². The van der Waals surface area contributed by atoms with Crippen molar-refractivity contribution in [1.82, 2.24) is 4.57 Å². The first kappa shape index (κ1) is 11.4. The van der Waals surface area contributed by atoms with Gasteiger partial charge in [0, 0.05) is 18.7 Å². The lowest BCUT2D eigenvalue weighted by Gasteiger charge is -2.30. The molecule has 0 saturated carbocycles. The smallest absolute Gasteiger partial charge is 0.352 e.